The molecule has 1 unspecified atom stereocenters. The zero-order valence-electron chi connectivity index (χ0n) is 11.9. The molecule has 106 valence electrons. The summed E-state index contributed by atoms with van der Waals surface area (Å²) in [6.07, 6.45) is 3.01. The van der Waals surface area contributed by atoms with Gasteiger partial charge >= 0.3 is 0 Å². The van der Waals surface area contributed by atoms with E-state index in [4.69, 9.17) is 5.73 Å². The minimum Gasteiger partial charge on any atom is -0.383 e. The smallest absolute Gasteiger partial charge is 0.142 e. The number of fused-ring (bicyclic) bond motifs is 1. The molecule has 0 saturated carbocycles. The minimum absolute atomic E-state index is 0.344. The zero-order valence-corrected chi connectivity index (χ0v) is 13.4. The second kappa shape index (κ2) is 5.50. The van der Waals surface area contributed by atoms with E-state index >= 15 is 0 Å². The Bertz CT molecular complexity index is 746. The number of aryl methyl sites for hydroxylation is 1. The Morgan fingerprint density at radius 3 is 2.86 bits per heavy atom. The number of benzene rings is 1. The van der Waals surface area contributed by atoms with Crippen molar-refractivity contribution in [3.05, 3.63) is 45.6 Å². The molecule has 0 radical (unpaired) electrons. The Balaban J connectivity index is 2.35. The van der Waals surface area contributed by atoms with Crippen molar-refractivity contribution < 1.29 is 0 Å². The third-order valence-corrected chi connectivity index (χ3v) is 4.78. The molecule has 3 nitrogen and oxygen atoms in total. The van der Waals surface area contributed by atoms with Gasteiger partial charge in [0.05, 0.1) is 0 Å². The molecular formula is C17H16BrN3. The number of aromatic nitrogens is 1. The first-order valence-electron chi connectivity index (χ1n) is 7.08. The first kappa shape index (κ1) is 14.1. The first-order valence-corrected chi connectivity index (χ1v) is 7.87. The SMILES string of the molecule is CC1CCc2nc(N)c(C#N)c(-c3ccccc3Br)c2C1. The van der Waals surface area contributed by atoms with Crippen LogP contribution in [-0.4, -0.2) is 4.98 Å². The van der Waals surface area contributed by atoms with Gasteiger partial charge in [-0.3, -0.25) is 0 Å². The van der Waals surface area contributed by atoms with Crippen LogP contribution in [0.2, 0.25) is 0 Å². The summed E-state index contributed by atoms with van der Waals surface area (Å²) in [5.74, 6) is 0.951. The van der Waals surface area contributed by atoms with Gasteiger partial charge in [0.25, 0.3) is 0 Å². The fourth-order valence-corrected chi connectivity index (χ4v) is 3.51. The van der Waals surface area contributed by atoms with Crippen LogP contribution in [0.1, 0.15) is 30.2 Å². The van der Waals surface area contributed by atoms with Gasteiger partial charge in [-0.15, -0.1) is 0 Å². The maximum Gasteiger partial charge on any atom is 0.142 e. The van der Waals surface area contributed by atoms with Crippen LogP contribution >= 0.6 is 15.9 Å². The van der Waals surface area contributed by atoms with E-state index in [1.165, 1.54) is 5.56 Å². The summed E-state index contributed by atoms with van der Waals surface area (Å²) in [6, 6.07) is 10.2. The second-order valence-corrected chi connectivity index (χ2v) is 6.47. The van der Waals surface area contributed by atoms with E-state index in [0.29, 0.717) is 17.3 Å². The number of nitrogens with zero attached hydrogens (tertiary/aromatic N) is 2. The molecule has 0 saturated heterocycles. The van der Waals surface area contributed by atoms with E-state index in [-0.39, 0.29) is 0 Å². The summed E-state index contributed by atoms with van der Waals surface area (Å²) in [5, 5.41) is 9.53. The van der Waals surface area contributed by atoms with Crippen LogP contribution in [0.5, 0.6) is 0 Å². The van der Waals surface area contributed by atoms with E-state index in [9.17, 15) is 5.26 Å². The molecule has 3 rings (SSSR count). The van der Waals surface area contributed by atoms with Crippen molar-refractivity contribution >= 4 is 21.7 Å². The lowest BCUT2D eigenvalue weighted by atomic mass is 9.82. The van der Waals surface area contributed by atoms with Crippen molar-refractivity contribution in [1.29, 1.82) is 5.26 Å². The Labute approximate surface area is 132 Å². The highest BCUT2D eigenvalue weighted by molar-refractivity contribution is 9.10. The summed E-state index contributed by atoms with van der Waals surface area (Å²) >= 11 is 3.59. The molecule has 0 fully saturated rings. The third-order valence-electron chi connectivity index (χ3n) is 4.09. The molecule has 1 heterocycles. The second-order valence-electron chi connectivity index (χ2n) is 5.61. The van der Waals surface area contributed by atoms with Gasteiger partial charge in [-0.1, -0.05) is 41.1 Å². The van der Waals surface area contributed by atoms with Gasteiger partial charge in [0.15, 0.2) is 0 Å². The van der Waals surface area contributed by atoms with Crippen LogP contribution in [-0.2, 0) is 12.8 Å². The van der Waals surface area contributed by atoms with Crippen LogP contribution < -0.4 is 5.73 Å². The lowest BCUT2D eigenvalue weighted by Gasteiger charge is -2.25. The normalized spacial score (nSPS) is 17.1. The Kier molecular flexibility index (Phi) is 3.69. The molecule has 1 atom stereocenters. The number of pyridine rings is 1. The quantitative estimate of drug-likeness (QED) is 0.849. The molecule has 1 aliphatic carbocycles. The average molecular weight is 342 g/mol. The van der Waals surface area contributed by atoms with Gasteiger partial charge in [-0.2, -0.15) is 5.26 Å². The Morgan fingerprint density at radius 1 is 1.38 bits per heavy atom. The molecule has 2 N–H and O–H groups in total. The summed E-state index contributed by atoms with van der Waals surface area (Å²) in [4.78, 5) is 4.47. The van der Waals surface area contributed by atoms with Gasteiger partial charge in [-0.25, -0.2) is 4.98 Å². The molecule has 1 aliphatic rings. The summed E-state index contributed by atoms with van der Waals surface area (Å²) in [6.45, 7) is 2.25. The number of halogens is 1. The first-order chi connectivity index (χ1) is 10.1. The van der Waals surface area contributed by atoms with Crippen LogP contribution in [0.15, 0.2) is 28.7 Å². The van der Waals surface area contributed by atoms with Gasteiger partial charge < -0.3 is 5.73 Å². The predicted molar refractivity (Wildman–Crippen MR) is 87.7 cm³/mol. The highest BCUT2D eigenvalue weighted by Crippen LogP contribution is 2.39. The molecule has 0 bridgehead atoms. The molecule has 4 heteroatoms. The van der Waals surface area contributed by atoms with Crippen LogP contribution in [0.25, 0.3) is 11.1 Å². The lowest BCUT2D eigenvalue weighted by molar-refractivity contribution is 0.495. The number of rotatable bonds is 1. The van der Waals surface area contributed by atoms with Crippen molar-refractivity contribution in [2.45, 2.75) is 26.2 Å². The third kappa shape index (κ3) is 2.43. The number of hydrogen-bond donors (Lipinski definition) is 1. The van der Waals surface area contributed by atoms with Gasteiger partial charge in [0.2, 0.25) is 0 Å². The van der Waals surface area contributed by atoms with Crippen molar-refractivity contribution in [1.82, 2.24) is 4.98 Å². The molecule has 0 amide bonds. The van der Waals surface area contributed by atoms with Crippen LogP contribution in [0.3, 0.4) is 0 Å². The molecular weight excluding hydrogens is 326 g/mol. The van der Waals surface area contributed by atoms with E-state index in [2.05, 4.69) is 33.9 Å². The maximum absolute atomic E-state index is 9.53. The van der Waals surface area contributed by atoms with E-state index in [0.717, 1.165) is 40.6 Å². The van der Waals surface area contributed by atoms with E-state index < -0.39 is 0 Å². The van der Waals surface area contributed by atoms with Crippen molar-refractivity contribution in [2.75, 3.05) is 5.73 Å². The minimum atomic E-state index is 0.344. The topological polar surface area (TPSA) is 62.7 Å². The monoisotopic (exact) mass is 341 g/mol. The Hall–Kier alpha value is -1.86. The highest BCUT2D eigenvalue weighted by Gasteiger charge is 2.25. The standard InChI is InChI=1S/C17H16BrN3/c1-10-6-7-15-12(8-10)16(13(9-19)17(20)21-15)11-4-2-3-5-14(11)18/h2-5,10H,6-8H2,1H3,(H2,20,21). The maximum atomic E-state index is 9.53. The predicted octanol–water partition coefficient (Wildman–Crippen LogP) is 4.09. The van der Waals surface area contributed by atoms with Crippen molar-refractivity contribution in [3.63, 3.8) is 0 Å². The van der Waals surface area contributed by atoms with Gasteiger partial charge in [0.1, 0.15) is 17.5 Å². The number of anilines is 1. The molecule has 0 aliphatic heterocycles. The van der Waals surface area contributed by atoms with Gasteiger partial charge in [0, 0.05) is 15.7 Å². The zero-order chi connectivity index (χ0) is 15.0. The summed E-state index contributed by atoms with van der Waals surface area (Å²) < 4.78 is 0.979. The molecule has 21 heavy (non-hydrogen) atoms. The summed E-state index contributed by atoms with van der Waals surface area (Å²) in [7, 11) is 0. The highest BCUT2D eigenvalue weighted by atomic mass is 79.9. The fraction of sp³-hybridized carbons (Fsp3) is 0.294. The van der Waals surface area contributed by atoms with E-state index in [1.54, 1.807) is 0 Å². The molecule has 1 aromatic carbocycles. The van der Waals surface area contributed by atoms with E-state index in [1.807, 2.05) is 24.3 Å². The lowest BCUT2D eigenvalue weighted by Crippen LogP contribution is -2.16. The number of hydrogen-bond acceptors (Lipinski definition) is 3. The Morgan fingerprint density at radius 2 is 2.14 bits per heavy atom. The molecule has 1 aromatic heterocycles. The van der Waals surface area contributed by atoms with Gasteiger partial charge in [-0.05, 0) is 42.4 Å². The van der Waals surface area contributed by atoms with Crippen molar-refractivity contribution in [3.8, 4) is 17.2 Å². The number of nitrogens with two attached hydrogens (primary N) is 1. The average Bonchev–Trinajstić information content (AvgIpc) is 2.47. The molecule has 2 aromatic rings. The molecule has 0 spiro atoms. The van der Waals surface area contributed by atoms with Crippen molar-refractivity contribution in [2.24, 2.45) is 5.92 Å². The number of nitriles is 1. The fourth-order valence-electron chi connectivity index (χ4n) is 3.03. The van der Waals surface area contributed by atoms with Crippen LogP contribution in [0, 0.1) is 17.2 Å². The van der Waals surface area contributed by atoms with Crippen LogP contribution in [0.4, 0.5) is 5.82 Å². The number of nitrogen functional groups attached to an aromatic ring is 1. The summed E-state index contributed by atoms with van der Waals surface area (Å²) in [5.41, 5.74) is 10.7. The largest absolute Gasteiger partial charge is 0.383 e.